The zero-order valence-corrected chi connectivity index (χ0v) is 8.63. The van der Waals surface area contributed by atoms with Gasteiger partial charge >= 0.3 is 0 Å². The molecule has 0 amide bonds. The fourth-order valence-electron chi connectivity index (χ4n) is 0.301. The summed E-state index contributed by atoms with van der Waals surface area (Å²) in [6, 6.07) is 2.01. The van der Waals surface area contributed by atoms with Crippen LogP contribution in [0.4, 0.5) is 0 Å². The highest BCUT2D eigenvalue weighted by atomic mass is 15.2. The van der Waals surface area contributed by atoms with Crippen molar-refractivity contribution >= 4 is 0 Å². The van der Waals surface area contributed by atoms with Crippen LogP contribution >= 0.6 is 0 Å². The number of nitriles is 1. The van der Waals surface area contributed by atoms with Crippen molar-refractivity contribution in [3.05, 3.63) is 0 Å². The van der Waals surface area contributed by atoms with Crippen LogP contribution in [0, 0.1) is 23.7 Å². The monoisotopic (exact) mass is 180 g/mol. The van der Waals surface area contributed by atoms with Crippen molar-refractivity contribution < 1.29 is 0 Å². The van der Waals surface area contributed by atoms with E-state index in [4.69, 9.17) is 11.7 Å². The van der Waals surface area contributed by atoms with E-state index in [0.717, 1.165) is 0 Å². The van der Waals surface area contributed by atoms with E-state index >= 15 is 0 Å². The summed E-state index contributed by atoms with van der Waals surface area (Å²) in [5.41, 5.74) is -1.40. The van der Waals surface area contributed by atoms with Gasteiger partial charge in [0, 0.05) is 0 Å². The van der Waals surface area contributed by atoms with Gasteiger partial charge in [-0.3, -0.25) is 0 Å². The third-order valence-corrected chi connectivity index (χ3v) is 1.18. The molecule has 0 bridgehead atoms. The number of hydrogen-bond donors (Lipinski definition) is 1. The van der Waals surface area contributed by atoms with Crippen molar-refractivity contribution in [3.8, 4) is 18.4 Å². The van der Waals surface area contributed by atoms with Crippen molar-refractivity contribution in [1.82, 2.24) is 6.15 Å². The normalized spacial score (nSPS) is 11.5. The Morgan fingerprint density at radius 1 is 1.08 bits per heavy atom. The van der Waals surface area contributed by atoms with Gasteiger partial charge in [-0.15, -0.1) is 6.42 Å². The van der Waals surface area contributed by atoms with Gasteiger partial charge in [-0.1, -0.05) is 5.92 Å². The summed E-state index contributed by atoms with van der Waals surface area (Å²) in [6.45, 7) is 6.90. The summed E-state index contributed by atoms with van der Waals surface area (Å²) in [5, 5.41) is 16.3. The zero-order chi connectivity index (χ0) is 9.83. The third kappa shape index (κ3) is 5.84. The molecule has 0 aromatic heterocycles. The first-order valence-corrected chi connectivity index (χ1v) is 3.66. The molecule has 4 heteroatoms. The molecule has 0 aliphatic heterocycles. The van der Waals surface area contributed by atoms with E-state index in [0.29, 0.717) is 0 Å². The second-order valence-electron chi connectivity index (χ2n) is 3.57. The molecule has 0 atom stereocenters. The van der Waals surface area contributed by atoms with Gasteiger partial charge < -0.3 is 6.15 Å². The predicted molar refractivity (Wildman–Crippen MR) is 52.5 cm³/mol. The maximum Gasteiger partial charge on any atom is 0.162 e. The van der Waals surface area contributed by atoms with Gasteiger partial charge in [0.1, 0.15) is 5.54 Å². The first-order valence-electron chi connectivity index (χ1n) is 3.66. The minimum absolute atomic E-state index is 0. The van der Waals surface area contributed by atoms with Crippen molar-refractivity contribution in [1.29, 1.82) is 5.26 Å². The summed E-state index contributed by atoms with van der Waals surface area (Å²) < 4.78 is 0. The molecule has 3 N–H and O–H groups in total. The lowest BCUT2D eigenvalue weighted by Gasteiger charge is -2.12. The van der Waals surface area contributed by atoms with Gasteiger partial charge in [0.15, 0.2) is 5.54 Å². The lowest BCUT2D eigenvalue weighted by molar-refractivity contribution is 0.545. The van der Waals surface area contributed by atoms with E-state index in [1.807, 2.05) is 6.07 Å². The number of nitrogens with zero attached hydrogens (tertiary/aromatic N) is 3. The fraction of sp³-hybridized carbons (Fsp3) is 0.667. The highest BCUT2D eigenvalue weighted by Gasteiger charge is 2.18. The second kappa shape index (κ2) is 4.59. The molecular weight excluding hydrogens is 164 g/mol. The zero-order valence-electron chi connectivity index (χ0n) is 8.63. The highest BCUT2D eigenvalue weighted by Crippen LogP contribution is 2.13. The van der Waals surface area contributed by atoms with E-state index in [1.165, 1.54) is 0 Å². The van der Waals surface area contributed by atoms with Gasteiger partial charge in [-0.25, -0.2) is 0 Å². The van der Waals surface area contributed by atoms with Gasteiger partial charge in [-0.2, -0.15) is 15.5 Å². The maximum absolute atomic E-state index is 8.61. The Morgan fingerprint density at radius 2 is 1.46 bits per heavy atom. The standard InChI is InChI=1S/C9H13N3.H3N/c1-6-8(2,3)11-12-9(4,5)7-10;/h1H,2-5H3;1H3. The highest BCUT2D eigenvalue weighted by molar-refractivity contribution is 5.08. The Morgan fingerprint density at radius 3 is 1.77 bits per heavy atom. The van der Waals surface area contributed by atoms with Gasteiger partial charge in [0.25, 0.3) is 0 Å². The third-order valence-electron chi connectivity index (χ3n) is 1.18. The van der Waals surface area contributed by atoms with Crippen LogP contribution in [0.15, 0.2) is 10.2 Å². The Bertz CT molecular complexity index is 234. The SMILES string of the molecule is C#CC(C)(C)N=NC(C)(C)C#N.N. The van der Waals surface area contributed by atoms with Crippen molar-refractivity contribution in [2.45, 2.75) is 38.8 Å². The Hall–Kier alpha value is -1.39. The number of terminal acetylenes is 1. The van der Waals surface area contributed by atoms with Crippen LogP contribution in [0.25, 0.3) is 0 Å². The molecule has 0 aromatic rings. The van der Waals surface area contributed by atoms with Crippen molar-refractivity contribution in [3.63, 3.8) is 0 Å². The molecule has 0 aliphatic rings. The molecule has 0 radical (unpaired) electrons. The fourth-order valence-corrected chi connectivity index (χ4v) is 0.301. The van der Waals surface area contributed by atoms with Crippen molar-refractivity contribution in [2.75, 3.05) is 0 Å². The first kappa shape index (κ1) is 14.2. The minimum atomic E-state index is -0.784. The Labute approximate surface area is 79.6 Å². The molecule has 4 nitrogen and oxygen atoms in total. The average molecular weight is 180 g/mol. The molecule has 0 rings (SSSR count). The molecular formula is C9H16N4. The average Bonchev–Trinajstić information content (AvgIpc) is 2.02. The summed E-state index contributed by atoms with van der Waals surface area (Å²) >= 11 is 0. The van der Waals surface area contributed by atoms with E-state index < -0.39 is 11.1 Å². The van der Waals surface area contributed by atoms with Gasteiger partial charge in [-0.05, 0) is 27.7 Å². The smallest absolute Gasteiger partial charge is 0.162 e. The summed E-state index contributed by atoms with van der Waals surface area (Å²) in [6.07, 6.45) is 5.19. The second-order valence-corrected chi connectivity index (χ2v) is 3.57. The lowest BCUT2D eigenvalue weighted by Crippen LogP contribution is -2.17. The summed E-state index contributed by atoms with van der Waals surface area (Å²) in [7, 11) is 0. The largest absolute Gasteiger partial charge is 0.344 e. The first-order chi connectivity index (χ1) is 5.33. The van der Waals surface area contributed by atoms with Crippen LogP contribution < -0.4 is 6.15 Å². The van der Waals surface area contributed by atoms with Gasteiger partial charge in [0.2, 0.25) is 0 Å². The van der Waals surface area contributed by atoms with Crippen LogP contribution in [0.5, 0.6) is 0 Å². The summed E-state index contributed by atoms with van der Waals surface area (Å²) in [4.78, 5) is 0. The van der Waals surface area contributed by atoms with E-state index in [9.17, 15) is 0 Å². The van der Waals surface area contributed by atoms with Gasteiger partial charge in [0.05, 0.1) is 6.07 Å². The molecule has 0 aliphatic carbocycles. The van der Waals surface area contributed by atoms with Crippen LogP contribution in [-0.4, -0.2) is 11.1 Å². The maximum atomic E-state index is 8.61. The lowest BCUT2D eigenvalue weighted by atomic mass is 10.1. The number of azo groups is 1. The predicted octanol–water partition coefficient (Wildman–Crippen LogP) is 2.31. The molecule has 0 unspecified atom stereocenters. The molecule has 0 fully saturated rings. The Balaban J connectivity index is 0. The van der Waals surface area contributed by atoms with Crippen LogP contribution in [0.1, 0.15) is 27.7 Å². The summed E-state index contributed by atoms with van der Waals surface area (Å²) in [5.74, 6) is 2.47. The Kier molecular flexibility index (Phi) is 5.00. The van der Waals surface area contributed by atoms with E-state index in [-0.39, 0.29) is 6.15 Å². The molecule has 13 heavy (non-hydrogen) atoms. The quantitative estimate of drug-likeness (QED) is 0.522. The molecule has 0 spiro atoms. The topological polar surface area (TPSA) is 83.5 Å². The molecule has 0 heterocycles. The van der Waals surface area contributed by atoms with E-state index in [2.05, 4.69) is 16.1 Å². The van der Waals surface area contributed by atoms with Crippen LogP contribution in [0.2, 0.25) is 0 Å². The number of hydrogen-bond acceptors (Lipinski definition) is 4. The molecule has 0 saturated heterocycles. The van der Waals surface area contributed by atoms with Crippen molar-refractivity contribution in [2.24, 2.45) is 10.2 Å². The molecule has 0 saturated carbocycles. The van der Waals surface area contributed by atoms with Crippen LogP contribution in [0.3, 0.4) is 0 Å². The molecule has 0 aromatic carbocycles. The van der Waals surface area contributed by atoms with E-state index in [1.54, 1.807) is 27.7 Å². The van der Waals surface area contributed by atoms with Crippen LogP contribution in [-0.2, 0) is 0 Å². The number of rotatable bonds is 2. The minimum Gasteiger partial charge on any atom is -0.344 e. The molecule has 72 valence electrons.